The minimum atomic E-state index is -0.674. The van der Waals surface area contributed by atoms with Gasteiger partial charge >= 0.3 is 0 Å². The molecule has 0 bridgehead atoms. The molecule has 2 N–H and O–H groups in total. The molecule has 0 heterocycles. The maximum atomic E-state index is 11.2. The van der Waals surface area contributed by atoms with Gasteiger partial charge in [0, 0.05) is 13.6 Å². The normalized spacial score (nSPS) is 11.9. The molecular formula is C13H17N3O2. The van der Waals surface area contributed by atoms with E-state index >= 15 is 0 Å². The number of benzene rings is 1. The van der Waals surface area contributed by atoms with Crippen molar-refractivity contribution in [1.82, 2.24) is 10.2 Å². The summed E-state index contributed by atoms with van der Waals surface area (Å²) >= 11 is 0. The van der Waals surface area contributed by atoms with Crippen molar-refractivity contribution < 1.29 is 9.90 Å². The minimum absolute atomic E-state index is 0.0930. The van der Waals surface area contributed by atoms with Crippen molar-refractivity contribution >= 4 is 5.91 Å². The van der Waals surface area contributed by atoms with Crippen molar-refractivity contribution in [2.75, 3.05) is 27.2 Å². The first-order valence-corrected chi connectivity index (χ1v) is 5.64. The van der Waals surface area contributed by atoms with E-state index in [0.29, 0.717) is 12.1 Å². The molecule has 96 valence electrons. The molecule has 0 saturated carbocycles. The highest BCUT2D eigenvalue weighted by molar-refractivity contribution is 5.77. The first-order chi connectivity index (χ1) is 8.56. The Morgan fingerprint density at radius 1 is 1.50 bits per heavy atom. The standard InChI is InChI=1S/C13H17N3O2/c1-15-13(18)9-16(2)8-12(17)11-5-3-10(7-14)4-6-11/h3-6,12,17H,8-9H2,1-2H3,(H,15,18). The van der Waals surface area contributed by atoms with E-state index in [4.69, 9.17) is 5.26 Å². The fourth-order valence-electron chi connectivity index (χ4n) is 1.57. The molecule has 1 aromatic rings. The average molecular weight is 247 g/mol. The average Bonchev–Trinajstić information content (AvgIpc) is 2.38. The summed E-state index contributed by atoms with van der Waals surface area (Å²) in [5.74, 6) is -0.0930. The van der Waals surface area contributed by atoms with Crippen molar-refractivity contribution in [1.29, 1.82) is 5.26 Å². The van der Waals surface area contributed by atoms with Crippen LogP contribution in [0.5, 0.6) is 0 Å². The third kappa shape index (κ3) is 4.17. The lowest BCUT2D eigenvalue weighted by Gasteiger charge is -2.19. The highest BCUT2D eigenvalue weighted by Crippen LogP contribution is 2.14. The monoisotopic (exact) mass is 247 g/mol. The lowest BCUT2D eigenvalue weighted by molar-refractivity contribution is -0.121. The molecule has 0 aliphatic carbocycles. The number of nitriles is 1. The van der Waals surface area contributed by atoms with Crippen LogP contribution in [0.25, 0.3) is 0 Å². The van der Waals surface area contributed by atoms with Gasteiger partial charge in [-0.15, -0.1) is 0 Å². The van der Waals surface area contributed by atoms with Crippen LogP contribution in [0.3, 0.4) is 0 Å². The van der Waals surface area contributed by atoms with Gasteiger partial charge in [0.05, 0.1) is 24.3 Å². The van der Waals surface area contributed by atoms with Crippen LogP contribution in [0, 0.1) is 11.3 Å². The molecule has 1 unspecified atom stereocenters. The molecule has 1 atom stereocenters. The number of rotatable bonds is 5. The van der Waals surface area contributed by atoms with E-state index in [1.165, 1.54) is 0 Å². The highest BCUT2D eigenvalue weighted by Gasteiger charge is 2.12. The summed E-state index contributed by atoms with van der Waals surface area (Å²) in [5, 5.41) is 21.2. The molecule has 1 amide bonds. The lowest BCUT2D eigenvalue weighted by Crippen LogP contribution is -2.35. The first-order valence-electron chi connectivity index (χ1n) is 5.64. The molecule has 0 aliphatic rings. The maximum absolute atomic E-state index is 11.2. The second-order valence-corrected chi connectivity index (χ2v) is 4.12. The van der Waals surface area contributed by atoms with Gasteiger partial charge in [-0.25, -0.2) is 0 Å². The van der Waals surface area contributed by atoms with Gasteiger partial charge in [-0.05, 0) is 24.7 Å². The topological polar surface area (TPSA) is 76.4 Å². The van der Waals surface area contributed by atoms with Crippen molar-refractivity contribution in [2.24, 2.45) is 0 Å². The predicted octanol–water partition coefficient (Wildman–Crippen LogP) is 0.269. The second kappa shape index (κ2) is 6.74. The van der Waals surface area contributed by atoms with E-state index in [2.05, 4.69) is 5.32 Å². The van der Waals surface area contributed by atoms with E-state index in [1.807, 2.05) is 6.07 Å². The van der Waals surface area contributed by atoms with E-state index < -0.39 is 6.10 Å². The summed E-state index contributed by atoms with van der Waals surface area (Å²) in [6.45, 7) is 0.600. The van der Waals surface area contributed by atoms with Crippen molar-refractivity contribution in [2.45, 2.75) is 6.10 Å². The summed E-state index contributed by atoms with van der Waals surface area (Å²) < 4.78 is 0. The smallest absolute Gasteiger partial charge is 0.233 e. The van der Waals surface area contributed by atoms with Gasteiger partial charge in [0.2, 0.25) is 5.91 Å². The third-order valence-corrected chi connectivity index (χ3v) is 2.60. The van der Waals surface area contributed by atoms with Crippen LogP contribution in [-0.2, 0) is 4.79 Å². The van der Waals surface area contributed by atoms with Crippen LogP contribution in [0.2, 0.25) is 0 Å². The number of nitrogens with zero attached hydrogens (tertiary/aromatic N) is 2. The number of aliphatic hydroxyl groups excluding tert-OH is 1. The molecule has 1 aromatic carbocycles. The fourth-order valence-corrected chi connectivity index (χ4v) is 1.57. The number of hydrogen-bond acceptors (Lipinski definition) is 4. The van der Waals surface area contributed by atoms with Crippen molar-refractivity contribution in [3.63, 3.8) is 0 Å². The Hall–Kier alpha value is -1.90. The third-order valence-electron chi connectivity index (χ3n) is 2.60. The summed E-state index contributed by atoms with van der Waals surface area (Å²) in [6.07, 6.45) is -0.674. The van der Waals surface area contributed by atoms with Crippen LogP contribution < -0.4 is 5.32 Å². The van der Waals surface area contributed by atoms with Crippen LogP contribution in [0.1, 0.15) is 17.2 Å². The van der Waals surface area contributed by atoms with Crippen LogP contribution in [0.4, 0.5) is 0 Å². The fraction of sp³-hybridized carbons (Fsp3) is 0.385. The van der Waals surface area contributed by atoms with Gasteiger partial charge in [0.25, 0.3) is 0 Å². The van der Waals surface area contributed by atoms with Gasteiger partial charge in [-0.3, -0.25) is 9.69 Å². The Morgan fingerprint density at radius 2 is 2.11 bits per heavy atom. The molecule has 5 heteroatoms. The van der Waals surface area contributed by atoms with Crippen LogP contribution in [-0.4, -0.2) is 43.1 Å². The van der Waals surface area contributed by atoms with Gasteiger partial charge in [0.1, 0.15) is 0 Å². The summed E-state index contributed by atoms with van der Waals surface area (Å²) in [6, 6.07) is 8.79. The zero-order valence-electron chi connectivity index (χ0n) is 10.6. The maximum Gasteiger partial charge on any atom is 0.233 e. The van der Waals surface area contributed by atoms with E-state index in [9.17, 15) is 9.90 Å². The molecular weight excluding hydrogens is 230 g/mol. The Morgan fingerprint density at radius 3 is 2.61 bits per heavy atom. The molecule has 0 aliphatic heterocycles. The van der Waals surface area contributed by atoms with Crippen molar-refractivity contribution in [3.05, 3.63) is 35.4 Å². The number of nitrogens with one attached hydrogen (secondary N) is 1. The van der Waals surface area contributed by atoms with Gasteiger partial charge in [-0.1, -0.05) is 12.1 Å². The Labute approximate surface area is 107 Å². The second-order valence-electron chi connectivity index (χ2n) is 4.12. The molecule has 0 spiro atoms. The number of hydrogen-bond donors (Lipinski definition) is 2. The summed E-state index contributed by atoms with van der Waals surface area (Å²) in [4.78, 5) is 12.9. The molecule has 18 heavy (non-hydrogen) atoms. The van der Waals surface area contributed by atoms with Crippen molar-refractivity contribution in [3.8, 4) is 6.07 Å². The SMILES string of the molecule is CNC(=O)CN(C)CC(O)c1ccc(C#N)cc1. The van der Waals surface area contributed by atoms with Gasteiger partial charge in [-0.2, -0.15) is 5.26 Å². The zero-order chi connectivity index (χ0) is 13.5. The number of amides is 1. The molecule has 0 aromatic heterocycles. The number of likely N-dealkylation sites (N-methyl/N-ethyl adjacent to an activating group) is 2. The zero-order valence-corrected chi connectivity index (χ0v) is 10.6. The van der Waals surface area contributed by atoms with E-state index in [0.717, 1.165) is 5.56 Å². The first kappa shape index (κ1) is 14.2. The summed E-state index contributed by atoms with van der Waals surface area (Å²) in [5.41, 5.74) is 1.29. The van der Waals surface area contributed by atoms with Crippen LogP contribution in [0.15, 0.2) is 24.3 Å². The number of carbonyl (C=O) groups excluding carboxylic acids is 1. The molecule has 1 rings (SSSR count). The highest BCUT2D eigenvalue weighted by atomic mass is 16.3. The Bertz CT molecular complexity index is 437. The Kier molecular flexibility index (Phi) is 5.31. The summed E-state index contributed by atoms with van der Waals surface area (Å²) in [7, 11) is 3.34. The molecule has 0 saturated heterocycles. The lowest BCUT2D eigenvalue weighted by atomic mass is 10.1. The minimum Gasteiger partial charge on any atom is -0.387 e. The van der Waals surface area contributed by atoms with E-state index in [-0.39, 0.29) is 12.5 Å². The predicted molar refractivity (Wildman–Crippen MR) is 67.7 cm³/mol. The molecule has 5 nitrogen and oxygen atoms in total. The molecule has 0 fully saturated rings. The number of aliphatic hydroxyl groups is 1. The van der Waals surface area contributed by atoms with Crippen LogP contribution >= 0.6 is 0 Å². The van der Waals surface area contributed by atoms with E-state index in [1.54, 1.807) is 43.3 Å². The Balaban J connectivity index is 2.56. The van der Waals surface area contributed by atoms with Gasteiger partial charge in [0.15, 0.2) is 0 Å². The quantitative estimate of drug-likeness (QED) is 0.783. The number of carbonyl (C=O) groups is 1. The largest absolute Gasteiger partial charge is 0.387 e. The molecule has 0 radical (unpaired) electrons. The van der Waals surface area contributed by atoms with Gasteiger partial charge < -0.3 is 10.4 Å².